The summed E-state index contributed by atoms with van der Waals surface area (Å²) in [5, 5.41) is 3.26. The minimum Gasteiger partial charge on any atom is -0.367 e. The number of piperazine rings is 1. The summed E-state index contributed by atoms with van der Waals surface area (Å²) in [6, 6.07) is 5.29. The number of nitrogens with one attached hydrogen (secondary N) is 1. The van der Waals surface area contributed by atoms with Crippen LogP contribution in [0.2, 0.25) is 0 Å². The van der Waals surface area contributed by atoms with Crippen LogP contribution in [0.4, 0.5) is 10.1 Å². The van der Waals surface area contributed by atoms with Crippen molar-refractivity contribution in [1.29, 1.82) is 0 Å². The number of nitrogens with zero attached hydrogens (tertiary/aromatic N) is 1. The molecule has 0 atom stereocenters. The third-order valence-corrected chi connectivity index (χ3v) is 4.66. The predicted molar refractivity (Wildman–Crippen MR) is 82.2 cm³/mol. The smallest absolute Gasteiger partial charge is 0.146 e. The molecule has 1 heterocycles. The summed E-state index contributed by atoms with van der Waals surface area (Å²) in [4.78, 5) is 14.2. The summed E-state index contributed by atoms with van der Waals surface area (Å²) in [7, 11) is 0. The van der Waals surface area contributed by atoms with Crippen LogP contribution in [0, 0.1) is 11.7 Å². The first-order valence-corrected chi connectivity index (χ1v) is 8.01. The fourth-order valence-electron chi connectivity index (χ4n) is 3.42. The Hall–Kier alpha value is -1.42. The maximum atomic E-state index is 14.3. The van der Waals surface area contributed by atoms with Crippen molar-refractivity contribution in [2.45, 2.75) is 32.1 Å². The van der Waals surface area contributed by atoms with Gasteiger partial charge in [-0.15, -0.1) is 0 Å². The second-order valence-corrected chi connectivity index (χ2v) is 6.15. The summed E-state index contributed by atoms with van der Waals surface area (Å²) < 4.78 is 14.3. The number of carbonyl (C=O) groups is 1. The summed E-state index contributed by atoms with van der Waals surface area (Å²) in [6.07, 6.45) is 4.73. The maximum absolute atomic E-state index is 14.3. The van der Waals surface area contributed by atoms with Crippen LogP contribution >= 0.6 is 0 Å². The molecule has 0 spiro atoms. The molecule has 0 aromatic heterocycles. The van der Waals surface area contributed by atoms with E-state index in [9.17, 15) is 9.18 Å². The van der Waals surface area contributed by atoms with E-state index in [1.165, 1.54) is 0 Å². The van der Waals surface area contributed by atoms with Crippen molar-refractivity contribution in [3.63, 3.8) is 0 Å². The van der Waals surface area contributed by atoms with Gasteiger partial charge in [-0.25, -0.2) is 4.39 Å². The number of hydrogen-bond acceptors (Lipinski definition) is 3. The number of hydrogen-bond donors (Lipinski definition) is 1. The lowest BCUT2D eigenvalue weighted by atomic mass is 9.96. The van der Waals surface area contributed by atoms with E-state index < -0.39 is 0 Å². The number of Topliss-reactive ketones (excluding diaryl/α,β-unsaturated/α-hetero) is 1. The number of rotatable bonds is 4. The molecule has 1 aromatic carbocycles. The number of ketones is 1. The summed E-state index contributed by atoms with van der Waals surface area (Å²) >= 11 is 0. The zero-order valence-electron chi connectivity index (χ0n) is 12.4. The molecule has 0 amide bonds. The zero-order valence-corrected chi connectivity index (χ0v) is 12.4. The van der Waals surface area contributed by atoms with Crippen molar-refractivity contribution in [3.05, 3.63) is 29.6 Å². The average molecular weight is 290 g/mol. The minimum atomic E-state index is -0.200. The monoisotopic (exact) mass is 290 g/mol. The molecule has 1 aliphatic carbocycles. The molecule has 0 bridgehead atoms. The lowest BCUT2D eigenvalue weighted by molar-refractivity contribution is -0.122. The molecule has 4 heteroatoms. The van der Waals surface area contributed by atoms with E-state index in [1.807, 2.05) is 12.1 Å². The van der Waals surface area contributed by atoms with E-state index in [-0.39, 0.29) is 17.5 Å². The van der Waals surface area contributed by atoms with Crippen molar-refractivity contribution >= 4 is 11.5 Å². The van der Waals surface area contributed by atoms with Gasteiger partial charge < -0.3 is 10.2 Å². The molecule has 2 fully saturated rings. The molecular weight excluding hydrogens is 267 g/mol. The Bertz CT molecular complexity index is 506. The minimum absolute atomic E-state index is 0.200. The predicted octanol–water partition coefficient (Wildman–Crippen LogP) is 2.54. The first-order valence-electron chi connectivity index (χ1n) is 8.01. The van der Waals surface area contributed by atoms with Crippen molar-refractivity contribution < 1.29 is 9.18 Å². The highest BCUT2D eigenvalue weighted by molar-refractivity contribution is 5.83. The van der Waals surface area contributed by atoms with Crippen LogP contribution < -0.4 is 10.2 Å². The van der Waals surface area contributed by atoms with Crippen molar-refractivity contribution in [2.24, 2.45) is 5.92 Å². The van der Waals surface area contributed by atoms with Gasteiger partial charge in [0, 0.05) is 38.5 Å². The third kappa shape index (κ3) is 3.43. The number of benzene rings is 1. The standard InChI is InChI=1S/C17H23FN2O/c18-15-11-13(12-17(21)14-3-1-2-4-14)5-6-16(15)20-9-7-19-8-10-20/h5-6,11,14,19H,1-4,7-10,12H2. The van der Waals surface area contributed by atoms with Gasteiger partial charge in [0.2, 0.25) is 0 Å². The van der Waals surface area contributed by atoms with E-state index in [0.717, 1.165) is 57.4 Å². The Balaban J connectivity index is 1.67. The Kier molecular flexibility index (Phi) is 4.54. The second kappa shape index (κ2) is 6.56. The Labute approximate surface area is 125 Å². The maximum Gasteiger partial charge on any atom is 0.146 e. The summed E-state index contributed by atoms with van der Waals surface area (Å²) in [5.74, 6) is 0.288. The molecule has 21 heavy (non-hydrogen) atoms. The normalized spacial score (nSPS) is 20.0. The molecule has 114 valence electrons. The van der Waals surface area contributed by atoms with Crippen molar-refractivity contribution in [1.82, 2.24) is 5.32 Å². The molecule has 1 saturated heterocycles. The Morgan fingerprint density at radius 1 is 1.24 bits per heavy atom. The van der Waals surface area contributed by atoms with E-state index >= 15 is 0 Å². The lowest BCUT2D eigenvalue weighted by Gasteiger charge is -2.29. The number of carbonyl (C=O) groups excluding carboxylic acids is 1. The highest BCUT2D eigenvalue weighted by atomic mass is 19.1. The van der Waals surface area contributed by atoms with Gasteiger partial charge in [-0.05, 0) is 30.5 Å². The zero-order chi connectivity index (χ0) is 14.7. The van der Waals surface area contributed by atoms with Crippen LogP contribution in [0.5, 0.6) is 0 Å². The van der Waals surface area contributed by atoms with Crippen LogP contribution in [0.15, 0.2) is 18.2 Å². The summed E-state index contributed by atoms with van der Waals surface area (Å²) in [6.45, 7) is 3.44. The first kappa shape index (κ1) is 14.5. The van der Waals surface area contributed by atoms with Crippen LogP contribution in [0.1, 0.15) is 31.2 Å². The van der Waals surface area contributed by atoms with Gasteiger partial charge in [-0.1, -0.05) is 18.9 Å². The largest absolute Gasteiger partial charge is 0.367 e. The van der Waals surface area contributed by atoms with E-state index in [1.54, 1.807) is 6.07 Å². The topological polar surface area (TPSA) is 32.3 Å². The molecule has 3 rings (SSSR count). The number of anilines is 1. The average Bonchev–Trinajstić information content (AvgIpc) is 3.02. The molecule has 2 aliphatic rings. The third-order valence-electron chi connectivity index (χ3n) is 4.66. The van der Waals surface area contributed by atoms with Gasteiger partial charge in [0.25, 0.3) is 0 Å². The molecule has 1 aliphatic heterocycles. The van der Waals surface area contributed by atoms with E-state index in [0.29, 0.717) is 12.1 Å². The SMILES string of the molecule is O=C(Cc1ccc(N2CCNCC2)c(F)c1)C1CCCC1. The molecule has 0 unspecified atom stereocenters. The molecule has 0 radical (unpaired) electrons. The molecule has 1 aromatic rings. The van der Waals surface area contributed by atoms with Crippen LogP contribution in [-0.2, 0) is 11.2 Å². The van der Waals surface area contributed by atoms with Crippen LogP contribution in [0.25, 0.3) is 0 Å². The quantitative estimate of drug-likeness (QED) is 0.925. The van der Waals surface area contributed by atoms with E-state index in [2.05, 4.69) is 10.2 Å². The van der Waals surface area contributed by atoms with E-state index in [4.69, 9.17) is 0 Å². The highest BCUT2D eigenvalue weighted by Crippen LogP contribution is 2.27. The van der Waals surface area contributed by atoms with Crippen LogP contribution in [0.3, 0.4) is 0 Å². The van der Waals surface area contributed by atoms with Gasteiger partial charge in [0.05, 0.1) is 5.69 Å². The highest BCUT2D eigenvalue weighted by Gasteiger charge is 2.23. The fraction of sp³-hybridized carbons (Fsp3) is 0.588. The molecular formula is C17H23FN2O. The van der Waals surface area contributed by atoms with Gasteiger partial charge in [-0.3, -0.25) is 4.79 Å². The second-order valence-electron chi connectivity index (χ2n) is 6.15. The summed E-state index contributed by atoms with van der Waals surface area (Å²) in [5.41, 5.74) is 1.47. The molecule has 1 saturated carbocycles. The fourth-order valence-corrected chi connectivity index (χ4v) is 3.42. The Morgan fingerprint density at radius 3 is 2.62 bits per heavy atom. The van der Waals surface area contributed by atoms with Crippen LogP contribution in [-0.4, -0.2) is 32.0 Å². The number of halogens is 1. The van der Waals surface area contributed by atoms with Gasteiger partial charge in [0.15, 0.2) is 0 Å². The first-order chi connectivity index (χ1) is 10.2. The Morgan fingerprint density at radius 2 is 1.95 bits per heavy atom. The molecule has 1 N–H and O–H groups in total. The van der Waals surface area contributed by atoms with Crippen molar-refractivity contribution in [2.75, 3.05) is 31.1 Å². The van der Waals surface area contributed by atoms with Gasteiger partial charge in [-0.2, -0.15) is 0 Å². The van der Waals surface area contributed by atoms with Gasteiger partial charge >= 0.3 is 0 Å². The van der Waals surface area contributed by atoms with Gasteiger partial charge in [0.1, 0.15) is 11.6 Å². The van der Waals surface area contributed by atoms with Crippen molar-refractivity contribution in [3.8, 4) is 0 Å². The molecule has 3 nitrogen and oxygen atoms in total. The lowest BCUT2D eigenvalue weighted by Crippen LogP contribution is -2.43.